The number of carbonyl (C=O) groups excluding carboxylic acids is 1. The van der Waals surface area contributed by atoms with Crippen LogP contribution in [-0.4, -0.2) is 28.5 Å². The van der Waals surface area contributed by atoms with Gasteiger partial charge in [-0.05, 0) is 56.2 Å². The lowest BCUT2D eigenvalue weighted by atomic mass is 10.0. The molecule has 0 unspecified atom stereocenters. The molecule has 0 radical (unpaired) electrons. The maximum Gasteiger partial charge on any atom is 0.341 e. The maximum absolute atomic E-state index is 13.5. The van der Waals surface area contributed by atoms with Gasteiger partial charge < -0.3 is 9.84 Å². The number of thiophene rings is 1. The van der Waals surface area contributed by atoms with Gasteiger partial charge in [0.2, 0.25) is 5.88 Å². The molecular formula is C31H25ClN2O4S. The third-order valence-electron chi connectivity index (χ3n) is 6.58. The molecule has 0 aliphatic rings. The molecular weight excluding hydrogens is 532 g/mol. The molecule has 3 aromatic carbocycles. The van der Waals surface area contributed by atoms with E-state index in [0.717, 1.165) is 11.1 Å². The lowest BCUT2D eigenvalue weighted by Crippen LogP contribution is -2.20. The van der Waals surface area contributed by atoms with Crippen molar-refractivity contribution in [2.24, 2.45) is 4.99 Å². The number of halogens is 1. The smallest absolute Gasteiger partial charge is 0.341 e. The maximum atomic E-state index is 13.5. The summed E-state index contributed by atoms with van der Waals surface area (Å²) in [6.45, 7) is 5.88. The Morgan fingerprint density at radius 3 is 2.46 bits per heavy atom. The van der Waals surface area contributed by atoms with Crippen molar-refractivity contribution in [3.8, 4) is 22.7 Å². The third kappa shape index (κ3) is 4.87. The second-order valence-corrected chi connectivity index (χ2v) is 10.2. The van der Waals surface area contributed by atoms with E-state index in [2.05, 4.69) is 4.99 Å². The highest BCUT2D eigenvalue weighted by Gasteiger charge is 2.23. The fourth-order valence-corrected chi connectivity index (χ4v) is 5.57. The van der Waals surface area contributed by atoms with Crippen LogP contribution in [0.5, 0.6) is 5.88 Å². The minimum atomic E-state index is -0.519. The third-order valence-corrected chi connectivity index (χ3v) is 7.79. The molecule has 0 fully saturated rings. The van der Waals surface area contributed by atoms with Crippen molar-refractivity contribution in [3.05, 3.63) is 110 Å². The number of carbonyl (C=O) groups is 1. The first-order valence-electron chi connectivity index (χ1n) is 12.3. The van der Waals surface area contributed by atoms with Gasteiger partial charge in [-0.25, -0.2) is 14.4 Å². The number of fused-ring (bicyclic) bond motifs is 1. The molecule has 5 aromatic rings. The van der Waals surface area contributed by atoms with Gasteiger partial charge in [0, 0.05) is 38.5 Å². The van der Waals surface area contributed by atoms with Crippen LogP contribution in [0.15, 0.2) is 81.9 Å². The number of hydrogen-bond donors (Lipinski definition) is 1. The molecule has 0 saturated heterocycles. The van der Waals surface area contributed by atoms with Crippen LogP contribution >= 0.6 is 22.9 Å². The van der Waals surface area contributed by atoms with E-state index in [0.29, 0.717) is 43.2 Å². The summed E-state index contributed by atoms with van der Waals surface area (Å²) in [6.07, 6.45) is 1.49. The highest BCUT2D eigenvalue weighted by atomic mass is 35.5. The predicted octanol–water partition coefficient (Wildman–Crippen LogP) is 7.62. The van der Waals surface area contributed by atoms with Gasteiger partial charge in [0.1, 0.15) is 10.6 Å². The van der Waals surface area contributed by atoms with Crippen molar-refractivity contribution in [2.45, 2.75) is 20.8 Å². The summed E-state index contributed by atoms with van der Waals surface area (Å²) in [5, 5.41) is 15.1. The molecule has 0 atom stereocenters. The van der Waals surface area contributed by atoms with E-state index >= 15 is 0 Å². The largest absolute Gasteiger partial charge is 0.494 e. The fourth-order valence-electron chi connectivity index (χ4n) is 4.44. The monoisotopic (exact) mass is 556 g/mol. The Kier molecular flexibility index (Phi) is 7.37. The van der Waals surface area contributed by atoms with Crippen LogP contribution in [-0.2, 0) is 4.74 Å². The molecule has 2 heterocycles. The first kappa shape index (κ1) is 26.4. The van der Waals surface area contributed by atoms with Crippen LogP contribution in [0.3, 0.4) is 0 Å². The highest BCUT2D eigenvalue weighted by molar-refractivity contribution is 7.14. The van der Waals surface area contributed by atoms with Crippen molar-refractivity contribution >= 4 is 50.9 Å². The normalized spacial score (nSPS) is 11.4. The topological polar surface area (TPSA) is 80.9 Å². The Morgan fingerprint density at radius 2 is 1.74 bits per heavy atom. The lowest BCUT2D eigenvalue weighted by Gasteiger charge is -2.14. The van der Waals surface area contributed by atoms with Crippen LogP contribution in [0.25, 0.3) is 27.6 Å². The number of aromatic hydroxyl groups is 1. The van der Waals surface area contributed by atoms with E-state index in [1.807, 2.05) is 49.6 Å². The standard InChI is InChI=1S/C31H25ClN2O4S/c1-4-38-31(37)27-25(22-10-7-8-12-26(22)32)17-39-28(27)33-16-24-21-9-5-6-11-23(21)29(35)34(30(24)36)20-14-13-18(2)19(3)15-20/h5-17,36H,4H2,1-3H3/b33-16+. The molecule has 196 valence electrons. The second-order valence-electron chi connectivity index (χ2n) is 8.98. The summed E-state index contributed by atoms with van der Waals surface area (Å²) >= 11 is 7.70. The number of aliphatic imine (C=N–C) groups is 1. The molecule has 6 nitrogen and oxygen atoms in total. The van der Waals surface area contributed by atoms with Crippen LogP contribution in [0.2, 0.25) is 5.02 Å². The number of esters is 1. The first-order valence-corrected chi connectivity index (χ1v) is 13.6. The van der Waals surface area contributed by atoms with E-state index in [4.69, 9.17) is 16.3 Å². The van der Waals surface area contributed by atoms with Gasteiger partial charge in [-0.3, -0.25) is 4.79 Å². The number of benzene rings is 3. The minimum Gasteiger partial charge on any atom is -0.494 e. The molecule has 39 heavy (non-hydrogen) atoms. The molecule has 0 aliphatic carbocycles. The van der Waals surface area contributed by atoms with Gasteiger partial charge in [-0.2, -0.15) is 0 Å². The Balaban J connectivity index is 1.71. The summed E-state index contributed by atoms with van der Waals surface area (Å²) < 4.78 is 6.63. The number of rotatable bonds is 6. The molecule has 2 aromatic heterocycles. The first-order chi connectivity index (χ1) is 18.8. The summed E-state index contributed by atoms with van der Waals surface area (Å²) in [5.41, 5.74) is 4.22. The van der Waals surface area contributed by atoms with E-state index in [1.165, 1.54) is 22.1 Å². The molecule has 0 aliphatic heterocycles. The Morgan fingerprint density at radius 1 is 1.03 bits per heavy atom. The highest BCUT2D eigenvalue weighted by Crippen LogP contribution is 2.41. The quantitative estimate of drug-likeness (QED) is 0.172. The Hall–Kier alpha value is -4.20. The van der Waals surface area contributed by atoms with Crippen LogP contribution < -0.4 is 5.56 Å². The van der Waals surface area contributed by atoms with Gasteiger partial charge in [0.15, 0.2) is 0 Å². The zero-order valence-electron chi connectivity index (χ0n) is 21.6. The molecule has 0 bridgehead atoms. The molecule has 1 N–H and O–H groups in total. The van der Waals surface area contributed by atoms with Crippen LogP contribution in [0, 0.1) is 13.8 Å². The van der Waals surface area contributed by atoms with E-state index in [-0.39, 0.29) is 23.6 Å². The number of pyridine rings is 1. The minimum absolute atomic E-state index is 0.201. The average molecular weight is 557 g/mol. The number of nitrogens with zero attached hydrogens (tertiary/aromatic N) is 2. The zero-order chi connectivity index (χ0) is 27.7. The summed E-state index contributed by atoms with van der Waals surface area (Å²) in [6, 6.07) is 19.9. The van der Waals surface area contributed by atoms with Crippen molar-refractivity contribution < 1.29 is 14.6 Å². The van der Waals surface area contributed by atoms with Crippen molar-refractivity contribution in [2.75, 3.05) is 6.61 Å². The van der Waals surface area contributed by atoms with Crippen LogP contribution in [0.1, 0.15) is 34.0 Å². The fraction of sp³-hybridized carbons (Fsp3) is 0.129. The molecule has 0 amide bonds. The summed E-state index contributed by atoms with van der Waals surface area (Å²) in [7, 11) is 0. The summed E-state index contributed by atoms with van der Waals surface area (Å²) in [4.78, 5) is 31.1. The molecule has 8 heteroatoms. The number of aryl methyl sites for hydroxylation is 2. The van der Waals surface area contributed by atoms with E-state index in [1.54, 1.807) is 43.3 Å². The average Bonchev–Trinajstić information content (AvgIpc) is 3.35. The lowest BCUT2D eigenvalue weighted by molar-refractivity contribution is 0.0529. The van der Waals surface area contributed by atoms with Crippen molar-refractivity contribution in [3.63, 3.8) is 0 Å². The SMILES string of the molecule is CCOC(=O)c1c(-c2ccccc2Cl)csc1/N=C/c1c(O)n(-c2ccc(C)c(C)c2)c(=O)c2ccccc12. The molecule has 0 saturated carbocycles. The number of hydrogen-bond acceptors (Lipinski definition) is 6. The van der Waals surface area contributed by atoms with E-state index in [9.17, 15) is 14.7 Å². The number of aromatic nitrogens is 1. The Labute approximate surface area is 234 Å². The number of ether oxygens (including phenoxy) is 1. The van der Waals surface area contributed by atoms with Gasteiger partial charge >= 0.3 is 5.97 Å². The van der Waals surface area contributed by atoms with Gasteiger partial charge in [-0.1, -0.05) is 54.1 Å². The Bertz CT molecular complexity index is 1820. The van der Waals surface area contributed by atoms with Gasteiger partial charge in [0.05, 0.1) is 17.9 Å². The summed E-state index contributed by atoms with van der Waals surface area (Å²) in [5.74, 6) is -0.763. The molecule has 0 spiro atoms. The van der Waals surface area contributed by atoms with Crippen LogP contribution in [0.4, 0.5) is 5.00 Å². The van der Waals surface area contributed by atoms with Crippen molar-refractivity contribution in [1.82, 2.24) is 4.57 Å². The second kappa shape index (κ2) is 10.9. The molecule has 5 rings (SSSR count). The zero-order valence-corrected chi connectivity index (χ0v) is 23.1. The van der Waals surface area contributed by atoms with Crippen molar-refractivity contribution in [1.29, 1.82) is 0 Å². The van der Waals surface area contributed by atoms with Gasteiger partial charge in [0.25, 0.3) is 5.56 Å². The van der Waals surface area contributed by atoms with Gasteiger partial charge in [-0.15, -0.1) is 11.3 Å². The predicted molar refractivity (Wildman–Crippen MR) is 159 cm³/mol. The van der Waals surface area contributed by atoms with E-state index < -0.39 is 5.97 Å².